The van der Waals surface area contributed by atoms with Gasteiger partial charge in [-0.2, -0.15) is 0 Å². The molecule has 14 heavy (non-hydrogen) atoms. The third kappa shape index (κ3) is 2.58. The van der Waals surface area contributed by atoms with Crippen molar-refractivity contribution in [3.63, 3.8) is 0 Å². The zero-order chi connectivity index (χ0) is 9.80. The Morgan fingerprint density at radius 3 is 2.64 bits per heavy atom. The molecule has 0 saturated carbocycles. The Balaban J connectivity index is 2.08. The van der Waals surface area contributed by atoms with Gasteiger partial charge >= 0.3 is 0 Å². The maximum absolute atomic E-state index is 3.60. The van der Waals surface area contributed by atoms with Crippen molar-refractivity contribution in [3.05, 3.63) is 34.3 Å². The molecule has 0 aromatic heterocycles. The Morgan fingerprint density at radius 2 is 1.86 bits per heavy atom. The molecule has 1 atom stereocenters. The number of halogens is 1. The van der Waals surface area contributed by atoms with Gasteiger partial charge in [0.2, 0.25) is 0 Å². The Hall–Kier alpha value is -0.340. The fraction of sp³-hybridized carbons (Fsp3) is 0.500. The summed E-state index contributed by atoms with van der Waals surface area (Å²) in [5, 5.41) is 3.60. The summed E-state index contributed by atoms with van der Waals surface area (Å²) < 4.78 is 1.16. The summed E-state index contributed by atoms with van der Waals surface area (Å²) in [6, 6.07) is 9.26. The van der Waals surface area contributed by atoms with Gasteiger partial charge in [-0.15, -0.1) is 0 Å². The zero-order valence-electron chi connectivity index (χ0n) is 8.30. The van der Waals surface area contributed by atoms with E-state index in [1.165, 1.54) is 37.8 Å². The van der Waals surface area contributed by atoms with Crippen LogP contribution in [0.15, 0.2) is 28.7 Å². The van der Waals surface area contributed by atoms with Crippen LogP contribution in [0, 0.1) is 0 Å². The van der Waals surface area contributed by atoms with E-state index in [0.717, 1.165) is 4.47 Å². The van der Waals surface area contributed by atoms with Gasteiger partial charge in [0.15, 0.2) is 0 Å². The summed E-state index contributed by atoms with van der Waals surface area (Å²) in [5.74, 6) is 0. The van der Waals surface area contributed by atoms with Gasteiger partial charge in [0, 0.05) is 10.5 Å². The second kappa shape index (κ2) is 4.94. The normalized spacial score (nSPS) is 23.1. The highest BCUT2D eigenvalue weighted by molar-refractivity contribution is 9.10. The first-order valence-corrected chi connectivity index (χ1v) is 6.14. The van der Waals surface area contributed by atoms with E-state index in [4.69, 9.17) is 0 Å². The van der Waals surface area contributed by atoms with E-state index in [-0.39, 0.29) is 0 Å². The number of benzene rings is 1. The van der Waals surface area contributed by atoms with Crippen LogP contribution in [0.25, 0.3) is 0 Å². The highest BCUT2D eigenvalue weighted by Gasteiger charge is 2.12. The first-order chi connectivity index (χ1) is 6.86. The van der Waals surface area contributed by atoms with Crippen LogP contribution in [0.2, 0.25) is 0 Å². The van der Waals surface area contributed by atoms with Crippen molar-refractivity contribution in [1.82, 2.24) is 5.32 Å². The molecule has 1 heterocycles. The van der Waals surface area contributed by atoms with Crippen molar-refractivity contribution < 1.29 is 0 Å². The van der Waals surface area contributed by atoms with Gasteiger partial charge in [-0.25, -0.2) is 0 Å². The molecular weight excluding hydrogens is 238 g/mol. The summed E-state index contributed by atoms with van der Waals surface area (Å²) in [4.78, 5) is 0. The summed E-state index contributed by atoms with van der Waals surface area (Å²) in [5.41, 5.74) is 1.43. The molecule has 0 unspecified atom stereocenters. The zero-order valence-corrected chi connectivity index (χ0v) is 9.89. The molecule has 1 aliphatic rings. The molecule has 1 nitrogen and oxygen atoms in total. The van der Waals surface area contributed by atoms with Gasteiger partial charge in [0.1, 0.15) is 0 Å². The number of hydrogen-bond donors (Lipinski definition) is 1. The van der Waals surface area contributed by atoms with Gasteiger partial charge in [-0.1, -0.05) is 40.9 Å². The molecule has 0 bridgehead atoms. The molecule has 2 heteroatoms. The van der Waals surface area contributed by atoms with Crippen LogP contribution in [0.3, 0.4) is 0 Å². The molecule has 2 rings (SSSR count). The molecule has 0 aliphatic carbocycles. The highest BCUT2D eigenvalue weighted by atomic mass is 79.9. The van der Waals surface area contributed by atoms with E-state index in [1.807, 2.05) is 0 Å². The Morgan fingerprint density at radius 1 is 1.07 bits per heavy atom. The summed E-state index contributed by atoms with van der Waals surface area (Å²) >= 11 is 3.46. The van der Waals surface area contributed by atoms with Crippen molar-refractivity contribution in [2.45, 2.75) is 31.7 Å². The molecule has 1 aromatic rings. The van der Waals surface area contributed by atoms with E-state index < -0.39 is 0 Å². The quantitative estimate of drug-likeness (QED) is 0.806. The van der Waals surface area contributed by atoms with Crippen LogP contribution < -0.4 is 5.32 Å². The maximum atomic E-state index is 3.60. The highest BCUT2D eigenvalue weighted by Crippen LogP contribution is 2.23. The molecule has 0 radical (unpaired) electrons. The second-order valence-corrected chi connectivity index (χ2v) is 4.82. The van der Waals surface area contributed by atoms with Crippen LogP contribution in [-0.4, -0.2) is 6.54 Å². The molecule has 1 N–H and O–H groups in total. The average Bonchev–Trinajstić information content (AvgIpc) is 2.47. The number of nitrogens with one attached hydrogen (secondary N) is 1. The van der Waals surface area contributed by atoms with Crippen LogP contribution >= 0.6 is 15.9 Å². The maximum Gasteiger partial charge on any atom is 0.0320 e. The van der Waals surface area contributed by atoms with Gasteiger partial charge in [0.25, 0.3) is 0 Å². The van der Waals surface area contributed by atoms with Crippen LogP contribution in [0.5, 0.6) is 0 Å². The van der Waals surface area contributed by atoms with Crippen LogP contribution in [-0.2, 0) is 0 Å². The lowest BCUT2D eigenvalue weighted by atomic mass is 10.0. The van der Waals surface area contributed by atoms with Gasteiger partial charge in [0.05, 0.1) is 0 Å². The van der Waals surface area contributed by atoms with E-state index in [2.05, 4.69) is 45.5 Å². The summed E-state index contributed by atoms with van der Waals surface area (Å²) in [6.45, 7) is 1.17. The largest absolute Gasteiger partial charge is 0.310 e. The Labute approximate surface area is 94.0 Å². The lowest BCUT2D eigenvalue weighted by Crippen LogP contribution is -2.20. The second-order valence-electron chi connectivity index (χ2n) is 3.91. The Bertz CT molecular complexity index is 273. The molecule has 1 aromatic carbocycles. The predicted octanol–water partition coefficient (Wildman–Crippen LogP) is 3.65. The first-order valence-electron chi connectivity index (χ1n) is 5.35. The topological polar surface area (TPSA) is 12.0 Å². The van der Waals surface area contributed by atoms with Crippen molar-refractivity contribution in [1.29, 1.82) is 0 Å². The van der Waals surface area contributed by atoms with E-state index >= 15 is 0 Å². The van der Waals surface area contributed by atoms with E-state index in [9.17, 15) is 0 Å². The predicted molar refractivity (Wildman–Crippen MR) is 63.4 cm³/mol. The molecule has 76 valence electrons. The monoisotopic (exact) mass is 253 g/mol. The molecule has 1 fully saturated rings. The van der Waals surface area contributed by atoms with Crippen LogP contribution in [0.4, 0.5) is 0 Å². The van der Waals surface area contributed by atoms with Gasteiger partial charge < -0.3 is 5.32 Å². The lowest BCUT2D eigenvalue weighted by molar-refractivity contribution is 0.535. The molecule has 1 aliphatic heterocycles. The fourth-order valence-corrected chi connectivity index (χ4v) is 2.27. The van der Waals surface area contributed by atoms with Gasteiger partial charge in [-0.05, 0) is 37.1 Å². The molecule has 0 spiro atoms. The fourth-order valence-electron chi connectivity index (χ4n) is 2.01. The van der Waals surface area contributed by atoms with E-state index in [0.29, 0.717) is 6.04 Å². The van der Waals surface area contributed by atoms with Crippen molar-refractivity contribution in [2.24, 2.45) is 0 Å². The molecule has 1 saturated heterocycles. The minimum Gasteiger partial charge on any atom is -0.310 e. The minimum absolute atomic E-state index is 0.575. The van der Waals surface area contributed by atoms with E-state index in [1.54, 1.807) is 0 Å². The third-order valence-electron chi connectivity index (χ3n) is 2.83. The molecular formula is C12H16BrN. The van der Waals surface area contributed by atoms with Gasteiger partial charge in [-0.3, -0.25) is 0 Å². The Kier molecular flexibility index (Phi) is 3.60. The summed E-state index contributed by atoms with van der Waals surface area (Å²) in [7, 11) is 0. The van der Waals surface area contributed by atoms with Crippen molar-refractivity contribution >= 4 is 15.9 Å². The summed E-state index contributed by atoms with van der Waals surface area (Å²) in [6.07, 6.45) is 5.34. The van der Waals surface area contributed by atoms with Crippen molar-refractivity contribution in [2.75, 3.05) is 6.54 Å². The minimum atomic E-state index is 0.575. The smallest absolute Gasteiger partial charge is 0.0320 e. The lowest BCUT2D eigenvalue weighted by Gasteiger charge is -2.15. The third-order valence-corrected chi connectivity index (χ3v) is 3.36. The standard InChI is InChI=1S/C12H16BrN/c13-11-7-5-10(6-8-11)12-4-2-1-3-9-14-12/h5-8,12,14H,1-4,9H2/t12-/m1/s1. The SMILES string of the molecule is Brc1ccc([C@H]2CCCCCN2)cc1. The van der Waals surface area contributed by atoms with Crippen molar-refractivity contribution in [3.8, 4) is 0 Å². The van der Waals surface area contributed by atoms with Crippen LogP contribution in [0.1, 0.15) is 37.3 Å². The first kappa shape index (κ1) is 10.2. The number of rotatable bonds is 1. The molecule has 0 amide bonds. The average molecular weight is 254 g/mol. The number of hydrogen-bond acceptors (Lipinski definition) is 1.